The second-order valence-corrected chi connectivity index (χ2v) is 3.64. The maximum absolute atomic E-state index is 11.6. The van der Waals surface area contributed by atoms with E-state index in [0.29, 0.717) is 11.4 Å². The summed E-state index contributed by atoms with van der Waals surface area (Å²) in [5, 5.41) is 2.83. The van der Waals surface area contributed by atoms with Crippen molar-refractivity contribution in [2.24, 2.45) is 0 Å². The zero-order valence-corrected chi connectivity index (χ0v) is 10.7. The molecule has 98 valence electrons. The highest BCUT2D eigenvalue weighted by atomic mass is 16.5. The number of rotatable bonds is 6. The monoisotopic (exact) mass is 251 g/mol. The first-order valence-electron chi connectivity index (χ1n) is 5.66. The Morgan fingerprint density at radius 2 is 2.00 bits per heavy atom. The zero-order chi connectivity index (χ0) is 13.5. The second-order valence-electron chi connectivity index (χ2n) is 3.64. The van der Waals surface area contributed by atoms with E-state index in [4.69, 9.17) is 9.47 Å². The van der Waals surface area contributed by atoms with Crippen LogP contribution in [0.4, 0.5) is 5.69 Å². The SMILES string of the molecule is CCOC(=O)C(Nc1ccccc1OC)C(C)=O. The molecule has 1 aromatic carbocycles. The number of anilines is 1. The number of carbonyl (C=O) groups is 2. The van der Waals surface area contributed by atoms with Crippen molar-refractivity contribution in [1.29, 1.82) is 0 Å². The number of nitrogens with one attached hydrogen (secondary N) is 1. The summed E-state index contributed by atoms with van der Waals surface area (Å²) < 4.78 is 9.99. The van der Waals surface area contributed by atoms with Crippen molar-refractivity contribution in [1.82, 2.24) is 0 Å². The lowest BCUT2D eigenvalue weighted by atomic mass is 10.2. The molecule has 18 heavy (non-hydrogen) atoms. The summed E-state index contributed by atoms with van der Waals surface area (Å²) in [6.45, 7) is 3.26. The Hall–Kier alpha value is -2.04. The molecule has 1 rings (SSSR count). The Morgan fingerprint density at radius 1 is 1.33 bits per heavy atom. The summed E-state index contributed by atoms with van der Waals surface area (Å²) in [4.78, 5) is 23.1. The van der Waals surface area contributed by atoms with Gasteiger partial charge in [0, 0.05) is 0 Å². The van der Waals surface area contributed by atoms with Gasteiger partial charge < -0.3 is 14.8 Å². The van der Waals surface area contributed by atoms with Crippen LogP contribution in [-0.4, -0.2) is 31.5 Å². The van der Waals surface area contributed by atoms with E-state index in [2.05, 4.69) is 5.32 Å². The van der Waals surface area contributed by atoms with Gasteiger partial charge in [-0.3, -0.25) is 4.79 Å². The summed E-state index contributed by atoms with van der Waals surface area (Å²) >= 11 is 0. The number of methoxy groups -OCH3 is 1. The molecule has 0 heterocycles. The van der Waals surface area contributed by atoms with Crippen molar-refractivity contribution < 1.29 is 19.1 Å². The number of benzene rings is 1. The number of ether oxygens (including phenoxy) is 2. The number of esters is 1. The summed E-state index contributed by atoms with van der Waals surface area (Å²) in [5.74, 6) is -0.330. The molecule has 0 amide bonds. The third-order valence-electron chi connectivity index (χ3n) is 2.34. The highest BCUT2D eigenvalue weighted by Crippen LogP contribution is 2.24. The van der Waals surface area contributed by atoms with Crippen LogP contribution in [0.15, 0.2) is 24.3 Å². The average molecular weight is 251 g/mol. The molecule has 5 nitrogen and oxygen atoms in total. The van der Waals surface area contributed by atoms with Crippen molar-refractivity contribution in [3.8, 4) is 5.75 Å². The van der Waals surface area contributed by atoms with Crippen LogP contribution in [0.1, 0.15) is 13.8 Å². The van der Waals surface area contributed by atoms with E-state index in [1.54, 1.807) is 31.2 Å². The minimum Gasteiger partial charge on any atom is -0.495 e. The summed E-state index contributed by atoms with van der Waals surface area (Å²) in [6.07, 6.45) is 0. The lowest BCUT2D eigenvalue weighted by molar-refractivity contribution is -0.146. The van der Waals surface area contributed by atoms with Gasteiger partial charge in [-0.25, -0.2) is 4.79 Å². The highest BCUT2D eigenvalue weighted by Gasteiger charge is 2.25. The van der Waals surface area contributed by atoms with Gasteiger partial charge in [-0.15, -0.1) is 0 Å². The van der Waals surface area contributed by atoms with Gasteiger partial charge in [0.25, 0.3) is 0 Å². The fourth-order valence-corrected chi connectivity index (χ4v) is 1.47. The van der Waals surface area contributed by atoms with Crippen molar-refractivity contribution in [3.05, 3.63) is 24.3 Å². The lowest BCUT2D eigenvalue weighted by Crippen LogP contribution is -2.37. The molecular weight excluding hydrogens is 234 g/mol. The largest absolute Gasteiger partial charge is 0.495 e. The zero-order valence-electron chi connectivity index (χ0n) is 10.7. The molecule has 0 radical (unpaired) electrons. The van der Waals surface area contributed by atoms with E-state index in [1.165, 1.54) is 14.0 Å². The Morgan fingerprint density at radius 3 is 2.56 bits per heavy atom. The predicted octanol–water partition coefficient (Wildman–Crippen LogP) is 1.63. The number of para-hydroxylation sites is 2. The third-order valence-corrected chi connectivity index (χ3v) is 2.34. The molecule has 0 saturated heterocycles. The predicted molar refractivity (Wildman–Crippen MR) is 67.7 cm³/mol. The molecule has 0 saturated carbocycles. The molecular formula is C13H17NO4. The number of carbonyl (C=O) groups excluding carboxylic acids is 2. The van der Waals surface area contributed by atoms with Gasteiger partial charge in [0.2, 0.25) is 0 Å². The molecule has 0 aliphatic carbocycles. The fourth-order valence-electron chi connectivity index (χ4n) is 1.47. The van der Waals surface area contributed by atoms with Crippen LogP contribution in [0, 0.1) is 0 Å². The van der Waals surface area contributed by atoms with Crippen LogP contribution in [0.2, 0.25) is 0 Å². The first-order valence-corrected chi connectivity index (χ1v) is 5.66. The first-order chi connectivity index (χ1) is 8.60. The maximum atomic E-state index is 11.6. The smallest absolute Gasteiger partial charge is 0.336 e. The van der Waals surface area contributed by atoms with Gasteiger partial charge in [0.15, 0.2) is 11.8 Å². The molecule has 1 aromatic rings. The van der Waals surface area contributed by atoms with E-state index in [9.17, 15) is 9.59 Å². The van der Waals surface area contributed by atoms with Crippen LogP contribution in [-0.2, 0) is 14.3 Å². The molecule has 0 bridgehead atoms. The highest BCUT2D eigenvalue weighted by molar-refractivity contribution is 6.04. The number of hydrogen-bond acceptors (Lipinski definition) is 5. The summed E-state index contributed by atoms with van der Waals surface area (Å²) in [7, 11) is 1.52. The Kier molecular flexibility index (Phi) is 5.17. The molecule has 0 fully saturated rings. The van der Waals surface area contributed by atoms with E-state index in [1.807, 2.05) is 0 Å². The third kappa shape index (κ3) is 3.48. The Bertz CT molecular complexity index is 431. The van der Waals surface area contributed by atoms with Crippen molar-refractivity contribution in [3.63, 3.8) is 0 Å². The Balaban J connectivity index is 2.90. The summed E-state index contributed by atoms with van der Waals surface area (Å²) in [5.41, 5.74) is 0.577. The van der Waals surface area contributed by atoms with Crippen LogP contribution in [0.5, 0.6) is 5.75 Å². The molecule has 1 unspecified atom stereocenters. The molecule has 1 N–H and O–H groups in total. The van der Waals surface area contributed by atoms with E-state index in [-0.39, 0.29) is 12.4 Å². The molecule has 0 aromatic heterocycles. The minimum absolute atomic E-state index is 0.232. The van der Waals surface area contributed by atoms with Crippen LogP contribution in [0.25, 0.3) is 0 Å². The van der Waals surface area contributed by atoms with Gasteiger partial charge in [0.05, 0.1) is 19.4 Å². The van der Waals surface area contributed by atoms with Crippen LogP contribution < -0.4 is 10.1 Å². The number of Topliss-reactive ketones (excluding diaryl/α,β-unsaturated/α-hetero) is 1. The van der Waals surface area contributed by atoms with Crippen molar-refractivity contribution in [2.75, 3.05) is 19.0 Å². The average Bonchev–Trinajstić information content (AvgIpc) is 2.36. The molecule has 0 spiro atoms. The number of hydrogen-bond donors (Lipinski definition) is 1. The Labute approximate surface area is 106 Å². The fraction of sp³-hybridized carbons (Fsp3) is 0.385. The molecule has 1 atom stereocenters. The molecule has 5 heteroatoms. The minimum atomic E-state index is -1.01. The van der Waals surface area contributed by atoms with Gasteiger partial charge >= 0.3 is 5.97 Å². The van der Waals surface area contributed by atoms with Crippen LogP contribution >= 0.6 is 0 Å². The second kappa shape index (κ2) is 6.64. The number of ketones is 1. The van der Waals surface area contributed by atoms with E-state index >= 15 is 0 Å². The molecule has 0 aliphatic rings. The summed E-state index contributed by atoms with van der Waals surface area (Å²) in [6, 6.07) is 6.05. The van der Waals surface area contributed by atoms with E-state index in [0.717, 1.165) is 0 Å². The lowest BCUT2D eigenvalue weighted by Gasteiger charge is -2.17. The normalized spacial score (nSPS) is 11.5. The van der Waals surface area contributed by atoms with Crippen molar-refractivity contribution >= 4 is 17.4 Å². The maximum Gasteiger partial charge on any atom is 0.336 e. The molecule has 0 aliphatic heterocycles. The quantitative estimate of drug-likeness (QED) is 0.615. The van der Waals surface area contributed by atoms with Gasteiger partial charge in [-0.2, -0.15) is 0 Å². The van der Waals surface area contributed by atoms with E-state index < -0.39 is 12.0 Å². The van der Waals surface area contributed by atoms with Crippen LogP contribution in [0.3, 0.4) is 0 Å². The van der Waals surface area contributed by atoms with Crippen molar-refractivity contribution in [2.45, 2.75) is 19.9 Å². The van der Waals surface area contributed by atoms with Gasteiger partial charge in [-0.05, 0) is 26.0 Å². The topological polar surface area (TPSA) is 64.6 Å². The van der Waals surface area contributed by atoms with Gasteiger partial charge in [0.1, 0.15) is 5.75 Å². The standard InChI is InChI=1S/C13H17NO4/c1-4-18-13(16)12(9(2)15)14-10-7-5-6-8-11(10)17-3/h5-8,12,14H,4H2,1-3H3. The van der Waals surface area contributed by atoms with Gasteiger partial charge in [-0.1, -0.05) is 12.1 Å². The first kappa shape index (κ1) is 14.0.